The quantitative estimate of drug-likeness (QED) is 0.741. The van der Waals surface area contributed by atoms with E-state index in [1.54, 1.807) is 10.6 Å². The molecule has 3 rings (SSSR count). The number of rotatable bonds is 4. The van der Waals surface area contributed by atoms with Crippen LogP contribution in [0.25, 0.3) is 16.8 Å². The van der Waals surface area contributed by atoms with E-state index in [0.717, 1.165) is 22.4 Å². The zero-order chi connectivity index (χ0) is 17.4. The van der Waals surface area contributed by atoms with E-state index >= 15 is 0 Å². The van der Waals surface area contributed by atoms with Gasteiger partial charge in [-0.1, -0.05) is 32.0 Å². The lowest BCUT2D eigenvalue weighted by atomic mass is 9.96. The van der Waals surface area contributed by atoms with Crippen molar-refractivity contribution in [3.63, 3.8) is 0 Å². The Morgan fingerprint density at radius 1 is 1.04 bits per heavy atom. The van der Waals surface area contributed by atoms with Crippen molar-refractivity contribution in [1.29, 1.82) is 0 Å². The largest absolute Gasteiger partial charge is 0.283 e. The Kier molecular flexibility index (Phi) is 4.01. The van der Waals surface area contributed by atoms with Crippen LogP contribution in [-0.2, 0) is 9.59 Å². The summed E-state index contributed by atoms with van der Waals surface area (Å²) in [7, 11) is 0. The van der Waals surface area contributed by atoms with Gasteiger partial charge in [0, 0.05) is 5.69 Å². The molecule has 0 aliphatic rings. The van der Waals surface area contributed by atoms with Gasteiger partial charge in [-0.05, 0) is 42.5 Å². The zero-order valence-electron chi connectivity index (χ0n) is 14.0. The number of nitrogens with zero attached hydrogens (tertiary/aromatic N) is 3. The Balaban J connectivity index is 2.50. The van der Waals surface area contributed by atoms with Crippen molar-refractivity contribution in [2.75, 3.05) is 0 Å². The highest BCUT2D eigenvalue weighted by Gasteiger charge is 2.22. The third-order valence-electron chi connectivity index (χ3n) is 4.14. The van der Waals surface area contributed by atoms with Gasteiger partial charge in [-0.15, -0.1) is 0 Å². The lowest BCUT2D eigenvalue weighted by Crippen LogP contribution is -2.05. The van der Waals surface area contributed by atoms with Crippen molar-refractivity contribution in [1.82, 2.24) is 14.6 Å². The number of aromatic nitrogens is 3. The van der Waals surface area contributed by atoms with Crippen molar-refractivity contribution in [2.45, 2.75) is 33.6 Å². The summed E-state index contributed by atoms with van der Waals surface area (Å²) in [4.78, 5) is 27.1. The molecule has 120 valence electrons. The molecular weight excluding hydrogens is 302 g/mol. The predicted octanol–water partition coefficient (Wildman–Crippen LogP) is 3.05. The molecule has 5 heteroatoms. The summed E-state index contributed by atoms with van der Waals surface area (Å²) in [5.74, 6) is 0.104. The van der Waals surface area contributed by atoms with Crippen LogP contribution in [0.15, 0.2) is 24.3 Å². The average Bonchev–Trinajstić information content (AvgIpc) is 2.92. The second-order valence-corrected chi connectivity index (χ2v) is 6.15. The van der Waals surface area contributed by atoms with Gasteiger partial charge in [-0.3, -0.25) is 9.59 Å². The minimum atomic E-state index is 0.104. The molecular formula is C19H17N3O2. The highest BCUT2D eigenvalue weighted by Crippen LogP contribution is 2.33. The van der Waals surface area contributed by atoms with E-state index in [-0.39, 0.29) is 17.3 Å². The molecule has 3 aromatic rings. The van der Waals surface area contributed by atoms with Crippen molar-refractivity contribution in [2.24, 2.45) is 0 Å². The number of hydrogen-bond acceptors (Lipinski definition) is 4. The number of carbonyl (C=O) groups excluding carboxylic acids is 2. The topological polar surface area (TPSA) is 64.3 Å². The molecule has 0 saturated carbocycles. The summed E-state index contributed by atoms with van der Waals surface area (Å²) in [5, 5.41) is 4.39. The first kappa shape index (κ1) is 16.1. The summed E-state index contributed by atoms with van der Waals surface area (Å²) in [5.41, 5.74) is 5.21. The van der Waals surface area contributed by atoms with Crippen LogP contribution in [0.1, 0.15) is 48.0 Å². The molecule has 0 saturated heterocycles. The van der Waals surface area contributed by atoms with E-state index in [9.17, 15) is 9.59 Å². The Hall–Kier alpha value is -2.82. The molecule has 0 N–H and O–H groups in total. The van der Waals surface area contributed by atoms with Gasteiger partial charge in [0.1, 0.15) is 11.4 Å². The van der Waals surface area contributed by atoms with Gasteiger partial charge in [-0.25, -0.2) is 9.50 Å². The van der Waals surface area contributed by atoms with E-state index in [4.69, 9.17) is 0 Å². The van der Waals surface area contributed by atoms with Gasteiger partial charge in [0.2, 0.25) is 0 Å². The maximum Gasteiger partial charge on any atom is 0.256 e. The Morgan fingerprint density at radius 2 is 1.71 bits per heavy atom. The molecule has 0 bridgehead atoms. The van der Waals surface area contributed by atoms with Gasteiger partial charge in [0.05, 0.1) is 5.56 Å². The summed E-state index contributed by atoms with van der Waals surface area (Å²) in [6.45, 7) is 7.93. The van der Waals surface area contributed by atoms with Crippen molar-refractivity contribution in [3.8, 4) is 11.1 Å². The minimum Gasteiger partial charge on any atom is -0.283 e. The molecule has 2 radical (unpaired) electrons. The highest BCUT2D eigenvalue weighted by molar-refractivity contribution is 5.95. The Labute approximate surface area is 140 Å². The molecule has 5 nitrogen and oxygen atoms in total. The smallest absolute Gasteiger partial charge is 0.256 e. The van der Waals surface area contributed by atoms with Gasteiger partial charge in [0.15, 0.2) is 5.65 Å². The lowest BCUT2D eigenvalue weighted by molar-refractivity contribution is 0.559. The third-order valence-corrected chi connectivity index (χ3v) is 4.14. The Bertz CT molecular complexity index is 935. The number of aryl methyl sites for hydroxylation is 2. The van der Waals surface area contributed by atoms with Crippen LogP contribution in [0.2, 0.25) is 0 Å². The maximum absolute atomic E-state index is 11.5. The fourth-order valence-corrected chi connectivity index (χ4v) is 3.01. The molecule has 0 unspecified atom stereocenters. The molecule has 0 amide bonds. The van der Waals surface area contributed by atoms with Crippen LogP contribution in [-0.4, -0.2) is 27.2 Å². The lowest BCUT2D eigenvalue weighted by Gasteiger charge is -2.11. The standard InChI is InChI=1S/C19H17N3O2/c1-11(2)16-8-14(9-23)20-19-18(15(10-24)21-22(16)19)17-12(3)6-5-7-13(17)4/h5-8,11H,1-4H3. The summed E-state index contributed by atoms with van der Waals surface area (Å²) in [6, 6.07) is 7.56. The number of benzene rings is 1. The molecule has 0 aliphatic carbocycles. The van der Waals surface area contributed by atoms with E-state index in [2.05, 4.69) is 10.1 Å². The first-order chi connectivity index (χ1) is 11.5. The first-order valence-corrected chi connectivity index (χ1v) is 7.74. The summed E-state index contributed by atoms with van der Waals surface area (Å²) >= 11 is 0. The second kappa shape index (κ2) is 6.00. The second-order valence-electron chi connectivity index (χ2n) is 6.15. The van der Waals surface area contributed by atoms with Gasteiger partial charge < -0.3 is 0 Å². The Morgan fingerprint density at radius 3 is 2.25 bits per heavy atom. The SMILES string of the molecule is Cc1cccc(C)c1-c1c([C]=O)nn2c(C(C)C)cc([C]=O)nc12. The fourth-order valence-electron chi connectivity index (χ4n) is 3.01. The van der Waals surface area contributed by atoms with Crippen LogP contribution in [0.4, 0.5) is 0 Å². The van der Waals surface area contributed by atoms with Crippen LogP contribution < -0.4 is 0 Å². The molecule has 0 spiro atoms. The van der Waals surface area contributed by atoms with E-state index in [1.165, 1.54) is 0 Å². The molecule has 2 heterocycles. The molecule has 0 aliphatic heterocycles. The van der Waals surface area contributed by atoms with E-state index in [1.807, 2.05) is 58.5 Å². The maximum atomic E-state index is 11.5. The highest BCUT2D eigenvalue weighted by atomic mass is 16.1. The van der Waals surface area contributed by atoms with Crippen molar-refractivity contribution >= 4 is 18.2 Å². The van der Waals surface area contributed by atoms with Crippen molar-refractivity contribution < 1.29 is 9.59 Å². The van der Waals surface area contributed by atoms with Gasteiger partial charge in [0.25, 0.3) is 12.6 Å². The minimum absolute atomic E-state index is 0.104. The first-order valence-electron chi connectivity index (χ1n) is 7.74. The van der Waals surface area contributed by atoms with Gasteiger partial charge in [-0.2, -0.15) is 5.10 Å². The monoisotopic (exact) mass is 319 g/mol. The molecule has 2 aromatic heterocycles. The van der Waals surface area contributed by atoms with E-state index in [0.29, 0.717) is 11.2 Å². The van der Waals surface area contributed by atoms with Crippen LogP contribution in [0, 0.1) is 13.8 Å². The normalized spacial score (nSPS) is 11.2. The predicted molar refractivity (Wildman–Crippen MR) is 91.6 cm³/mol. The average molecular weight is 319 g/mol. The van der Waals surface area contributed by atoms with E-state index < -0.39 is 0 Å². The summed E-state index contributed by atoms with van der Waals surface area (Å²) < 4.78 is 1.63. The van der Waals surface area contributed by atoms with Crippen LogP contribution >= 0.6 is 0 Å². The molecule has 0 atom stereocenters. The third kappa shape index (κ3) is 2.42. The number of hydrogen-bond donors (Lipinski definition) is 0. The molecule has 24 heavy (non-hydrogen) atoms. The summed E-state index contributed by atoms with van der Waals surface area (Å²) in [6.07, 6.45) is 3.77. The van der Waals surface area contributed by atoms with Gasteiger partial charge >= 0.3 is 0 Å². The van der Waals surface area contributed by atoms with Crippen LogP contribution in [0.5, 0.6) is 0 Å². The van der Waals surface area contributed by atoms with Crippen LogP contribution in [0.3, 0.4) is 0 Å². The van der Waals surface area contributed by atoms with Crippen molar-refractivity contribution in [3.05, 3.63) is 52.5 Å². The zero-order valence-corrected chi connectivity index (χ0v) is 14.0. The fraction of sp³-hybridized carbons (Fsp3) is 0.263. The number of fused-ring (bicyclic) bond motifs is 1. The molecule has 1 aromatic carbocycles. The molecule has 0 fully saturated rings.